The zero-order valence-electron chi connectivity index (χ0n) is 27.6. The Hall–Kier alpha value is -1.99. The van der Waals surface area contributed by atoms with E-state index in [1.807, 2.05) is 12.0 Å². The van der Waals surface area contributed by atoms with E-state index < -0.39 is 4.92 Å². The van der Waals surface area contributed by atoms with Crippen LogP contribution in [0.2, 0.25) is 0 Å². The van der Waals surface area contributed by atoms with Gasteiger partial charge in [0.25, 0.3) is 5.69 Å². The van der Waals surface area contributed by atoms with Gasteiger partial charge in [0.15, 0.2) is 0 Å². The molecule has 0 saturated carbocycles. The van der Waals surface area contributed by atoms with Crippen molar-refractivity contribution in [3.8, 4) is 0 Å². The van der Waals surface area contributed by atoms with Crippen LogP contribution in [0, 0.1) is 10.1 Å². The summed E-state index contributed by atoms with van der Waals surface area (Å²) < 4.78 is 5.97. The fourth-order valence-corrected chi connectivity index (χ4v) is 6.51. The summed E-state index contributed by atoms with van der Waals surface area (Å²) >= 11 is 0. The first kappa shape index (κ1) is 36.2. The molecule has 1 heterocycles. The van der Waals surface area contributed by atoms with Gasteiger partial charge in [-0.2, -0.15) is 5.06 Å². The first-order chi connectivity index (χ1) is 20.0. The summed E-state index contributed by atoms with van der Waals surface area (Å²) in [6, 6.07) is 6.51. The van der Waals surface area contributed by atoms with Crippen molar-refractivity contribution >= 4 is 11.7 Å². The van der Waals surface area contributed by atoms with Gasteiger partial charge in [-0.05, 0) is 58.7 Å². The van der Waals surface area contributed by atoms with Crippen molar-refractivity contribution in [2.24, 2.45) is 0 Å². The summed E-state index contributed by atoms with van der Waals surface area (Å²) in [6.45, 7) is 12.7. The maximum atomic E-state index is 12.7. The Bertz CT molecular complexity index is 896. The molecular formula is C35H60N2O5. The number of hydroxylamine groups is 2. The average molecular weight is 589 g/mol. The topological polar surface area (TPSA) is 81.9 Å². The van der Waals surface area contributed by atoms with Crippen molar-refractivity contribution in [1.82, 2.24) is 5.06 Å². The Kier molecular flexibility index (Phi) is 16.1. The molecule has 1 saturated heterocycles. The highest BCUT2D eigenvalue weighted by molar-refractivity contribution is 5.69. The van der Waals surface area contributed by atoms with Crippen molar-refractivity contribution in [2.75, 3.05) is 0 Å². The lowest BCUT2D eigenvalue weighted by atomic mass is 9.80. The molecule has 7 nitrogen and oxygen atoms in total. The van der Waals surface area contributed by atoms with Crippen LogP contribution in [-0.4, -0.2) is 33.1 Å². The van der Waals surface area contributed by atoms with Crippen LogP contribution in [0.4, 0.5) is 5.69 Å². The number of nitro groups is 1. The molecular weight excluding hydrogens is 528 g/mol. The van der Waals surface area contributed by atoms with Crippen LogP contribution < -0.4 is 0 Å². The number of rotatable bonds is 21. The molecule has 240 valence electrons. The number of carbonyl (C=O) groups excluding carboxylic acids is 1. The molecule has 0 aromatic heterocycles. The predicted octanol–water partition coefficient (Wildman–Crippen LogP) is 10.4. The molecule has 1 aromatic carbocycles. The Morgan fingerprint density at radius 2 is 1.26 bits per heavy atom. The lowest BCUT2D eigenvalue weighted by molar-refractivity contribution is -0.384. The van der Waals surface area contributed by atoms with Gasteiger partial charge in [-0.25, -0.2) is 0 Å². The van der Waals surface area contributed by atoms with Crippen LogP contribution >= 0.6 is 0 Å². The molecule has 1 aliphatic rings. The summed E-state index contributed by atoms with van der Waals surface area (Å²) in [6.07, 6.45) is 21.1. The lowest BCUT2D eigenvalue weighted by Gasteiger charge is -2.54. The molecule has 0 N–H and O–H groups in total. The second kappa shape index (κ2) is 18.6. The third-order valence-electron chi connectivity index (χ3n) is 8.67. The number of unbranched alkanes of at least 4 members (excludes halogenated alkanes) is 14. The molecule has 1 fully saturated rings. The Morgan fingerprint density at radius 3 is 1.69 bits per heavy atom. The van der Waals surface area contributed by atoms with Gasteiger partial charge in [-0.1, -0.05) is 96.8 Å². The highest BCUT2D eigenvalue weighted by Crippen LogP contribution is 2.42. The van der Waals surface area contributed by atoms with E-state index in [1.54, 1.807) is 12.1 Å². The number of nitro benzene ring substituents is 1. The SMILES string of the molecule is CCCCCCCCCCCCCCCCCC(=O)OC1CC(C)(C)N(OC(C)c2ccc([N+](=O)[O-])cc2)C(C)(C)C1. The number of esters is 1. The van der Waals surface area contributed by atoms with Crippen molar-refractivity contribution in [1.29, 1.82) is 0 Å². The van der Waals surface area contributed by atoms with Crippen LogP contribution in [0.3, 0.4) is 0 Å². The quantitative estimate of drug-likeness (QED) is 0.0615. The highest BCUT2D eigenvalue weighted by Gasteiger charge is 2.48. The summed E-state index contributed by atoms with van der Waals surface area (Å²) in [7, 11) is 0. The van der Waals surface area contributed by atoms with Crippen LogP contribution in [0.5, 0.6) is 0 Å². The van der Waals surface area contributed by atoms with E-state index in [-0.39, 0.29) is 34.9 Å². The first-order valence-electron chi connectivity index (χ1n) is 16.9. The molecule has 7 heteroatoms. The summed E-state index contributed by atoms with van der Waals surface area (Å²) in [5, 5.41) is 13.0. The molecule has 0 bridgehead atoms. The molecule has 0 aliphatic carbocycles. The molecule has 0 radical (unpaired) electrons. The third kappa shape index (κ3) is 13.1. The van der Waals surface area contributed by atoms with E-state index >= 15 is 0 Å². The van der Waals surface area contributed by atoms with Gasteiger partial charge in [0.2, 0.25) is 0 Å². The molecule has 0 amide bonds. The van der Waals surface area contributed by atoms with E-state index in [0.29, 0.717) is 19.3 Å². The number of hydrogen-bond donors (Lipinski definition) is 0. The molecule has 0 spiro atoms. The van der Waals surface area contributed by atoms with Gasteiger partial charge in [-0.15, -0.1) is 0 Å². The average Bonchev–Trinajstić information content (AvgIpc) is 2.92. The van der Waals surface area contributed by atoms with Gasteiger partial charge < -0.3 is 4.74 Å². The van der Waals surface area contributed by atoms with Crippen LogP contribution in [0.25, 0.3) is 0 Å². The lowest BCUT2D eigenvalue weighted by Crippen LogP contribution is -2.62. The first-order valence-corrected chi connectivity index (χ1v) is 16.9. The van der Waals surface area contributed by atoms with Crippen LogP contribution in [0.1, 0.15) is 169 Å². The number of hydrogen-bond acceptors (Lipinski definition) is 6. The monoisotopic (exact) mass is 588 g/mol. The van der Waals surface area contributed by atoms with Crippen LogP contribution in [0.15, 0.2) is 24.3 Å². The molecule has 1 atom stereocenters. The van der Waals surface area contributed by atoms with Crippen molar-refractivity contribution < 1.29 is 19.3 Å². The van der Waals surface area contributed by atoms with Crippen molar-refractivity contribution in [3.05, 3.63) is 39.9 Å². The van der Waals surface area contributed by atoms with E-state index in [0.717, 1.165) is 18.4 Å². The number of carbonyl (C=O) groups is 1. The van der Waals surface area contributed by atoms with Crippen molar-refractivity contribution in [3.63, 3.8) is 0 Å². The minimum Gasteiger partial charge on any atom is -0.462 e. The van der Waals surface area contributed by atoms with Gasteiger partial charge in [-0.3, -0.25) is 19.7 Å². The number of nitrogens with zero attached hydrogens (tertiary/aromatic N) is 2. The zero-order chi connectivity index (χ0) is 31.0. The highest BCUT2D eigenvalue weighted by atomic mass is 16.7. The summed E-state index contributed by atoms with van der Waals surface area (Å²) in [4.78, 5) is 29.7. The maximum absolute atomic E-state index is 12.7. The predicted molar refractivity (Wildman–Crippen MR) is 171 cm³/mol. The second-order valence-corrected chi connectivity index (χ2v) is 13.7. The largest absolute Gasteiger partial charge is 0.462 e. The van der Waals surface area contributed by atoms with E-state index in [9.17, 15) is 14.9 Å². The Morgan fingerprint density at radius 1 is 0.833 bits per heavy atom. The second-order valence-electron chi connectivity index (χ2n) is 13.7. The molecule has 1 aliphatic heterocycles. The molecule has 42 heavy (non-hydrogen) atoms. The van der Waals surface area contributed by atoms with E-state index in [4.69, 9.17) is 9.57 Å². The Balaban J connectivity index is 1.62. The number of piperidine rings is 1. The zero-order valence-corrected chi connectivity index (χ0v) is 27.6. The fraction of sp³-hybridized carbons (Fsp3) is 0.800. The number of ether oxygens (including phenoxy) is 1. The minimum absolute atomic E-state index is 0.0681. The number of benzene rings is 1. The maximum Gasteiger partial charge on any atom is 0.306 e. The fourth-order valence-electron chi connectivity index (χ4n) is 6.51. The minimum atomic E-state index is -0.395. The number of non-ortho nitro benzene ring substituents is 1. The van der Waals surface area contributed by atoms with Gasteiger partial charge in [0, 0.05) is 42.5 Å². The summed E-state index contributed by atoms with van der Waals surface area (Å²) in [5.41, 5.74) is 0.245. The Labute approximate surface area is 256 Å². The molecule has 1 aromatic rings. The standard InChI is InChI=1S/C35H60N2O5/c1-7-8-9-10-11-12-13-14-15-16-17-18-19-20-21-22-33(38)41-32-27-34(3,4)37(35(5,6)28-32)42-29(2)30-23-25-31(26-24-30)36(39)40/h23-26,29,32H,7-22,27-28H2,1-6H3. The normalized spacial score (nSPS) is 17.7. The van der Waals surface area contributed by atoms with Crippen molar-refractivity contribution in [2.45, 2.75) is 180 Å². The van der Waals surface area contributed by atoms with Crippen LogP contribution in [-0.2, 0) is 14.4 Å². The van der Waals surface area contributed by atoms with E-state index in [2.05, 4.69) is 34.6 Å². The smallest absolute Gasteiger partial charge is 0.306 e. The third-order valence-corrected chi connectivity index (χ3v) is 8.67. The van der Waals surface area contributed by atoms with Gasteiger partial charge in [0.05, 0.1) is 4.92 Å². The molecule has 1 unspecified atom stereocenters. The molecule has 2 rings (SSSR count). The van der Waals surface area contributed by atoms with Gasteiger partial charge >= 0.3 is 5.97 Å². The summed E-state index contributed by atoms with van der Waals surface area (Å²) in [5.74, 6) is -0.0880. The van der Waals surface area contributed by atoms with Gasteiger partial charge in [0.1, 0.15) is 12.2 Å². The van der Waals surface area contributed by atoms with E-state index in [1.165, 1.54) is 95.6 Å².